The highest BCUT2D eigenvalue weighted by Crippen LogP contribution is 2.19. The molecule has 5 nitrogen and oxygen atoms in total. The third kappa shape index (κ3) is 3.54. The van der Waals surface area contributed by atoms with E-state index in [1.54, 1.807) is 0 Å². The molecule has 1 aliphatic heterocycles. The van der Waals surface area contributed by atoms with Crippen molar-refractivity contribution in [1.29, 1.82) is 0 Å². The molecule has 2 atom stereocenters. The molecule has 0 bridgehead atoms. The minimum Gasteiger partial charge on any atom is -0.469 e. The summed E-state index contributed by atoms with van der Waals surface area (Å²) in [4.78, 5) is 22.7. The van der Waals surface area contributed by atoms with E-state index in [0.717, 1.165) is 5.56 Å². The first kappa shape index (κ1) is 13.5. The molecule has 5 heteroatoms. The second kappa shape index (κ2) is 6.33. The highest BCUT2D eigenvalue weighted by molar-refractivity contribution is 5.78. The van der Waals surface area contributed by atoms with Crippen LogP contribution in [0.5, 0.6) is 0 Å². The van der Waals surface area contributed by atoms with Gasteiger partial charge in [-0.15, -0.1) is 0 Å². The van der Waals surface area contributed by atoms with E-state index in [9.17, 15) is 9.59 Å². The number of cyclic esters (lactones) is 1. The van der Waals surface area contributed by atoms with Gasteiger partial charge in [-0.2, -0.15) is 0 Å². The minimum absolute atomic E-state index is 0.0263. The number of morpholine rings is 1. The topological polar surface area (TPSA) is 64.6 Å². The van der Waals surface area contributed by atoms with Gasteiger partial charge in [-0.05, 0) is 12.0 Å². The zero-order valence-electron chi connectivity index (χ0n) is 10.8. The predicted molar refractivity (Wildman–Crippen MR) is 68.3 cm³/mol. The number of carbonyl (C=O) groups excluding carboxylic acids is 2. The Kier molecular flexibility index (Phi) is 4.52. The van der Waals surface area contributed by atoms with Crippen molar-refractivity contribution in [2.75, 3.05) is 13.7 Å². The highest BCUT2D eigenvalue weighted by atomic mass is 16.5. The van der Waals surface area contributed by atoms with Crippen LogP contribution in [0, 0.1) is 0 Å². The van der Waals surface area contributed by atoms with Crippen LogP contribution in [0.25, 0.3) is 0 Å². The van der Waals surface area contributed by atoms with Gasteiger partial charge >= 0.3 is 11.9 Å². The van der Waals surface area contributed by atoms with Gasteiger partial charge in [-0.3, -0.25) is 14.9 Å². The van der Waals surface area contributed by atoms with E-state index in [1.807, 2.05) is 30.3 Å². The first-order valence-corrected chi connectivity index (χ1v) is 6.25. The fourth-order valence-electron chi connectivity index (χ4n) is 2.07. The molecule has 0 aliphatic carbocycles. The standard InChI is InChI=1S/C14H17NO4/c1-18-13(16)8-7-11-14(17)19-9-12(15-11)10-5-3-2-4-6-10/h2-6,11-12,15H,7-9H2,1H3/t11-,12-/m1/s1. The highest BCUT2D eigenvalue weighted by Gasteiger charge is 2.30. The molecule has 0 amide bonds. The molecule has 1 aromatic carbocycles. The summed E-state index contributed by atoms with van der Waals surface area (Å²) in [5, 5.41) is 3.22. The largest absolute Gasteiger partial charge is 0.469 e. The lowest BCUT2D eigenvalue weighted by molar-refractivity contribution is -0.152. The van der Waals surface area contributed by atoms with E-state index in [4.69, 9.17) is 4.74 Å². The van der Waals surface area contributed by atoms with Gasteiger partial charge in [0.25, 0.3) is 0 Å². The Hall–Kier alpha value is -1.88. The molecule has 1 aromatic rings. The molecule has 0 spiro atoms. The summed E-state index contributed by atoms with van der Waals surface area (Å²) in [7, 11) is 1.34. The van der Waals surface area contributed by atoms with Crippen LogP contribution in [0.2, 0.25) is 0 Å². The molecule has 1 saturated heterocycles. The maximum atomic E-state index is 11.6. The van der Waals surface area contributed by atoms with E-state index in [2.05, 4.69) is 10.1 Å². The van der Waals surface area contributed by atoms with Crippen molar-refractivity contribution >= 4 is 11.9 Å². The predicted octanol–water partition coefficient (Wildman–Crippen LogP) is 1.20. The van der Waals surface area contributed by atoms with E-state index < -0.39 is 6.04 Å². The SMILES string of the molecule is COC(=O)CC[C@H]1N[C@@H](c2ccccc2)COC1=O. The molecule has 1 fully saturated rings. The summed E-state index contributed by atoms with van der Waals surface area (Å²) in [5.74, 6) is -0.632. The van der Waals surface area contributed by atoms with Gasteiger partial charge in [0.05, 0.1) is 13.2 Å². The fourth-order valence-corrected chi connectivity index (χ4v) is 2.07. The van der Waals surface area contributed by atoms with Crippen molar-refractivity contribution in [2.24, 2.45) is 0 Å². The number of carbonyl (C=O) groups is 2. The average Bonchev–Trinajstić information content (AvgIpc) is 2.47. The van der Waals surface area contributed by atoms with Crippen molar-refractivity contribution in [1.82, 2.24) is 5.32 Å². The lowest BCUT2D eigenvalue weighted by atomic mass is 10.0. The lowest BCUT2D eigenvalue weighted by Crippen LogP contribution is -2.47. The van der Waals surface area contributed by atoms with E-state index in [-0.39, 0.29) is 24.4 Å². The Labute approximate surface area is 111 Å². The number of esters is 2. The number of hydrogen-bond donors (Lipinski definition) is 1. The molecule has 19 heavy (non-hydrogen) atoms. The maximum absolute atomic E-state index is 11.6. The maximum Gasteiger partial charge on any atom is 0.323 e. The van der Waals surface area contributed by atoms with E-state index in [1.165, 1.54) is 7.11 Å². The third-order valence-electron chi connectivity index (χ3n) is 3.15. The second-order valence-electron chi connectivity index (χ2n) is 4.43. The number of methoxy groups -OCH3 is 1. The first-order chi connectivity index (χ1) is 9.20. The van der Waals surface area contributed by atoms with Crippen LogP contribution in [0.15, 0.2) is 30.3 Å². The van der Waals surface area contributed by atoms with Crippen LogP contribution in [-0.2, 0) is 19.1 Å². The monoisotopic (exact) mass is 263 g/mol. The summed E-state index contributed by atoms with van der Waals surface area (Å²) < 4.78 is 9.74. The molecule has 0 unspecified atom stereocenters. The Morgan fingerprint density at radius 2 is 2.16 bits per heavy atom. The van der Waals surface area contributed by atoms with Gasteiger partial charge in [-0.25, -0.2) is 0 Å². The molecular weight excluding hydrogens is 246 g/mol. The smallest absolute Gasteiger partial charge is 0.323 e. The summed E-state index contributed by atoms with van der Waals surface area (Å²) in [6.07, 6.45) is 0.583. The van der Waals surface area contributed by atoms with Crippen molar-refractivity contribution in [3.05, 3.63) is 35.9 Å². The van der Waals surface area contributed by atoms with Gasteiger partial charge in [0.15, 0.2) is 0 Å². The zero-order valence-corrected chi connectivity index (χ0v) is 10.8. The fraction of sp³-hybridized carbons (Fsp3) is 0.429. The van der Waals surface area contributed by atoms with Crippen LogP contribution < -0.4 is 5.32 Å². The summed E-state index contributed by atoms with van der Waals surface area (Å²) in [5.41, 5.74) is 1.07. The van der Waals surface area contributed by atoms with Crippen LogP contribution in [0.4, 0.5) is 0 Å². The van der Waals surface area contributed by atoms with Crippen molar-refractivity contribution in [3.63, 3.8) is 0 Å². The van der Waals surface area contributed by atoms with Crippen LogP contribution >= 0.6 is 0 Å². The summed E-state index contributed by atoms with van der Waals surface area (Å²) in [6.45, 7) is 0.317. The molecule has 0 radical (unpaired) electrons. The molecule has 2 rings (SSSR count). The van der Waals surface area contributed by atoms with Gasteiger partial charge < -0.3 is 9.47 Å². The Balaban J connectivity index is 1.96. The van der Waals surface area contributed by atoms with Gasteiger partial charge in [0.2, 0.25) is 0 Å². The Bertz CT molecular complexity index is 446. The lowest BCUT2D eigenvalue weighted by Gasteiger charge is -2.30. The normalized spacial score (nSPS) is 22.7. The Morgan fingerprint density at radius 1 is 1.42 bits per heavy atom. The van der Waals surface area contributed by atoms with Crippen molar-refractivity contribution in [2.45, 2.75) is 24.9 Å². The molecule has 0 aromatic heterocycles. The van der Waals surface area contributed by atoms with Gasteiger partial charge in [-0.1, -0.05) is 30.3 Å². The van der Waals surface area contributed by atoms with Crippen LogP contribution in [0.3, 0.4) is 0 Å². The number of rotatable bonds is 4. The third-order valence-corrected chi connectivity index (χ3v) is 3.15. The molecule has 1 heterocycles. The van der Waals surface area contributed by atoms with Crippen molar-refractivity contribution in [3.8, 4) is 0 Å². The summed E-state index contributed by atoms with van der Waals surface area (Å²) in [6, 6.07) is 9.29. The van der Waals surface area contributed by atoms with Crippen molar-refractivity contribution < 1.29 is 19.1 Å². The van der Waals surface area contributed by atoms with E-state index >= 15 is 0 Å². The number of hydrogen-bond acceptors (Lipinski definition) is 5. The molecular formula is C14H17NO4. The van der Waals surface area contributed by atoms with Crippen LogP contribution in [0.1, 0.15) is 24.4 Å². The molecule has 0 saturated carbocycles. The zero-order chi connectivity index (χ0) is 13.7. The van der Waals surface area contributed by atoms with Gasteiger partial charge in [0, 0.05) is 6.42 Å². The second-order valence-corrected chi connectivity index (χ2v) is 4.43. The Morgan fingerprint density at radius 3 is 2.84 bits per heavy atom. The van der Waals surface area contributed by atoms with Gasteiger partial charge in [0.1, 0.15) is 12.6 Å². The molecule has 102 valence electrons. The first-order valence-electron chi connectivity index (χ1n) is 6.25. The quantitative estimate of drug-likeness (QED) is 0.827. The van der Waals surface area contributed by atoms with Crippen LogP contribution in [-0.4, -0.2) is 31.7 Å². The molecule has 1 N–H and O–H groups in total. The average molecular weight is 263 g/mol. The molecule has 1 aliphatic rings. The number of ether oxygens (including phenoxy) is 2. The summed E-state index contributed by atoms with van der Waals surface area (Å²) >= 11 is 0. The number of nitrogens with one attached hydrogen (secondary N) is 1. The number of benzene rings is 1. The minimum atomic E-state index is -0.460. The van der Waals surface area contributed by atoms with E-state index in [0.29, 0.717) is 13.0 Å².